The lowest BCUT2D eigenvalue weighted by atomic mass is 9.94. The van der Waals surface area contributed by atoms with E-state index in [1.54, 1.807) is 19.6 Å². The lowest BCUT2D eigenvalue weighted by Gasteiger charge is -2.40. The smallest absolute Gasteiger partial charge is 0.190 e. The molecular weight excluding hydrogens is 448 g/mol. The normalized spacial score (nSPS) is 23.1. The molecule has 0 spiro atoms. The first-order chi connectivity index (χ1) is 16.4. The fourth-order valence-electron chi connectivity index (χ4n) is 4.79. The molecule has 34 heavy (non-hydrogen) atoms. The van der Waals surface area contributed by atoms with E-state index in [1.807, 2.05) is 28.8 Å². The van der Waals surface area contributed by atoms with E-state index in [4.69, 9.17) is 27.1 Å². The average Bonchev–Trinajstić information content (AvgIpc) is 3.45. The second-order valence-electron chi connectivity index (χ2n) is 9.01. The Kier molecular flexibility index (Phi) is 5.83. The molecule has 0 radical (unpaired) electrons. The minimum absolute atomic E-state index is 0.136. The number of nitrogens with zero attached hydrogens (tertiary/aromatic N) is 3. The molecule has 0 fully saturated rings. The predicted molar refractivity (Wildman–Crippen MR) is 135 cm³/mol. The summed E-state index contributed by atoms with van der Waals surface area (Å²) in [6.45, 7) is 4.15. The van der Waals surface area contributed by atoms with Crippen molar-refractivity contribution in [2.45, 2.75) is 44.4 Å². The quantitative estimate of drug-likeness (QED) is 0.506. The van der Waals surface area contributed by atoms with Gasteiger partial charge in [0.2, 0.25) is 0 Å². The van der Waals surface area contributed by atoms with E-state index in [1.165, 1.54) is 11.1 Å². The van der Waals surface area contributed by atoms with Crippen molar-refractivity contribution in [1.82, 2.24) is 20.2 Å². The third-order valence-electron chi connectivity index (χ3n) is 6.34. The van der Waals surface area contributed by atoms with Crippen LogP contribution >= 0.6 is 11.6 Å². The zero-order chi connectivity index (χ0) is 23.9. The van der Waals surface area contributed by atoms with Gasteiger partial charge in [-0.1, -0.05) is 48.0 Å². The van der Waals surface area contributed by atoms with Gasteiger partial charge >= 0.3 is 0 Å². The first-order valence-corrected chi connectivity index (χ1v) is 11.9. The number of aromatic nitrogens is 2. The van der Waals surface area contributed by atoms with Gasteiger partial charge in [-0.15, -0.1) is 0 Å². The third-order valence-corrected chi connectivity index (χ3v) is 6.54. The Morgan fingerprint density at radius 3 is 2.68 bits per heavy atom. The van der Waals surface area contributed by atoms with Crippen molar-refractivity contribution in [1.29, 1.82) is 0 Å². The Hall–Kier alpha value is -3.29. The summed E-state index contributed by atoms with van der Waals surface area (Å²) < 4.78 is 7.53. The standard InChI is InChI=1S/C26H29ClN6O/c1-16(2)30-25-20-11-10-19(17-7-5-4-6-8-17)24(20)31-26(28,32-25)18-9-12-21(22(13-18)34-3)33-14-23(27)29-15-33/h4-9,12-16,19,31H,10-11,28H2,1-3H3,(H,30,32). The Bertz CT molecular complexity index is 1270. The van der Waals surface area contributed by atoms with Gasteiger partial charge in [0.15, 0.2) is 5.79 Å². The summed E-state index contributed by atoms with van der Waals surface area (Å²) in [6.07, 6.45) is 5.35. The minimum Gasteiger partial charge on any atom is -0.495 e. The number of rotatable bonds is 5. The number of hydrogen-bond donors (Lipinski definition) is 3. The van der Waals surface area contributed by atoms with Gasteiger partial charge in [0.1, 0.15) is 23.1 Å². The number of halogens is 1. The molecule has 2 heterocycles. The van der Waals surface area contributed by atoms with Crippen molar-refractivity contribution < 1.29 is 4.74 Å². The summed E-state index contributed by atoms with van der Waals surface area (Å²) >= 11 is 6.02. The van der Waals surface area contributed by atoms with Crippen LogP contribution in [0.5, 0.6) is 5.75 Å². The van der Waals surface area contributed by atoms with Crippen LogP contribution in [-0.2, 0) is 5.79 Å². The average molecular weight is 477 g/mol. The maximum atomic E-state index is 7.03. The van der Waals surface area contributed by atoms with Crippen LogP contribution in [0.1, 0.15) is 43.7 Å². The number of allylic oxidation sites excluding steroid dienone is 1. The molecule has 8 heteroatoms. The largest absolute Gasteiger partial charge is 0.495 e. The van der Waals surface area contributed by atoms with Crippen LogP contribution in [0.15, 0.2) is 77.3 Å². The van der Waals surface area contributed by atoms with Gasteiger partial charge in [-0.25, -0.2) is 4.98 Å². The summed E-state index contributed by atoms with van der Waals surface area (Å²) in [6, 6.07) is 16.6. The lowest BCUT2D eigenvalue weighted by Crippen LogP contribution is -2.65. The van der Waals surface area contributed by atoms with Gasteiger partial charge in [0.05, 0.1) is 12.8 Å². The van der Waals surface area contributed by atoms with Crippen molar-refractivity contribution in [2.24, 2.45) is 10.7 Å². The third kappa shape index (κ3) is 4.06. The molecule has 1 aliphatic heterocycles. The molecule has 2 aromatic carbocycles. The molecule has 5 rings (SSSR count). The van der Waals surface area contributed by atoms with E-state index in [9.17, 15) is 0 Å². The Balaban J connectivity index is 1.57. The number of aliphatic imine (C=N–C) groups is 1. The van der Waals surface area contributed by atoms with Crippen molar-refractivity contribution >= 4 is 17.4 Å². The zero-order valence-electron chi connectivity index (χ0n) is 19.5. The fraction of sp³-hybridized carbons (Fsp3) is 0.308. The molecule has 4 N–H and O–H groups in total. The zero-order valence-corrected chi connectivity index (χ0v) is 20.3. The number of nitrogens with one attached hydrogen (secondary N) is 2. The first kappa shape index (κ1) is 22.5. The van der Waals surface area contributed by atoms with Crippen LogP contribution < -0.4 is 21.1 Å². The summed E-state index contributed by atoms with van der Waals surface area (Å²) in [4.78, 5) is 9.01. The predicted octanol–water partition coefficient (Wildman–Crippen LogP) is 4.43. The van der Waals surface area contributed by atoms with E-state index < -0.39 is 5.79 Å². The monoisotopic (exact) mass is 476 g/mol. The number of nitrogens with two attached hydrogens (primary N) is 1. The van der Waals surface area contributed by atoms with E-state index in [2.05, 4.69) is 53.7 Å². The van der Waals surface area contributed by atoms with E-state index >= 15 is 0 Å². The van der Waals surface area contributed by atoms with Crippen molar-refractivity contribution in [2.75, 3.05) is 7.11 Å². The van der Waals surface area contributed by atoms with Crippen molar-refractivity contribution in [3.8, 4) is 11.4 Å². The molecule has 1 aliphatic carbocycles. The van der Waals surface area contributed by atoms with Crippen molar-refractivity contribution in [3.63, 3.8) is 0 Å². The maximum absolute atomic E-state index is 7.03. The molecule has 1 aromatic heterocycles. The Morgan fingerprint density at radius 2 is 2.00 bits per heavy atom. The first-order valence-electron chi connectivity index (χ1n) is 11.5. The Labute approximate surface area is 204 Å². The van der Waals surface area contributed by atoms with Crippen LogP contribution in [0, 0.1) is 0 Å². The summed E-state index contributed by atoms with van der Waals surface area (Å²) in [5.41, 5.74) is 12.3. The molecule has 7 nitrogen and oxygen atoms in total. The van der Waals surface area contributed by atoms with Crippen molar-refractivity contribution in [3.05, 3.63) is 88.6 Å². The number of methoxy groups -OCH3 is 1. The molecule has 2 unspecified atom stereocenters. The second-order valence-corrected chi connectivity index (χ2v) is 9.40. The number of amidine groups is 1. The van der Waals surface area contributed by atoms with E-state index in [0.29, 0.717) is 10.9 Å². The fourth-order valence-corrected chi connectivity index (χ4v) is 4.94. The number of hydrogen-bond acceptors (Lipinski definition) is 5. The molecule has 3 aromatic rings. The molecule has 2 atom stereocenters. The number of imidazole rings is 1. The molecule has 0 amide bonds. The van der Waals surface area contributed by atoms with Gasteiger partial charge in [-0.2, -0.15) is 0 Å². The van der Waals surface area contributed by atoms with Crippen LogP contribution in [0.3, 0.4) is 0 Å². The summed E-state index contributed by atoms with van der Waals surface area (Å²) in [5, 5.41) is 7.56. The topological polar surface area (TPSA) is 89.5 Å². The molecule has 0 saturated carbocycles. The minimum atomic E-state index is -1.05. The molecule has 0 bridgehead atoms. The van der Waals surface area contributed by atoms with Gasteiger partial charge < -0.3 is 19.9 Å². The van der Waals surface area contributed by atoms with E-state index in [0.717, 1.165) is 35.6 Å². The summed E-state index contributed by atoms with van der Waals surface area (Å²) in [7, 11) is 1.64. The highest BCUT2D eigenvalue weighted by atomic mass is 35.5. The Morgan fingerprint density at radius 1 is 1.21 bits per heavy atom. The number of ether oxygens (including phenoxy) is 1. The molecule has 0 saturated heterocycles. The highest BCUT2D eigenvalue weighted by molar-refractivity contribution is 6.29. The van der Waals surface area contributed by atoms with Crippen LogP contribution in [-0.4, -0.2) is 28.5 Å². The number of benzene rings is 2. The second kappa shape index (κ2) is 8.81. The highest BCUT2D eigenvalue weighted by Crippen LogP contribution is 2.42. The summed E-state index contributed by atoms with van der Waals surface area (Å²) in [5.74, 6) is 0.706. The highest BCUT2D eigenvalue weighted by Gasteiger charge is 2.41. The van der Waals surface area contributed by atoms with Crippen LogP contribution in [0.4, 0.5) is 0 Å². The molecule has 2 aliphatic rings. The van der Waals surface area contributed by atoms with Crippen LogP contribution in [0.25, 0.3) is 5.69 Å². The van der Waals surface area contributed by atoms with Crippen LogP contribution in [0.2, 0.25) is 5.15 Å². The van der Waals surface area contributed by atoms with Gasteiger partial charge in [-0.05, 0) is 44.4 Å². The maximum Gasteiger partial charge on any atom is 0.190 e. The lowest BCUT2D eigenvalue weighted by molar-refractivity contribution is 0.328. The SMILES string of the molecule is COc1cc(C2(N)NC(=NC(C)C)C3=C(N2)C(c2ccccc2)CC3)ccc1-n1cnc(Cl)c1. The van der Waals surface area contributed by atoms with E-state index in [-0.39, 0.29) is 12.0 Å². The molecular formula is C26H29ClN6O. The van der Waals surface area contributed by atoms with Gasteiger partial charge in [0.25, 0.3) is 0 Å². The molecule has 176 valence electrons. The van der Waals surface area contributed by atoms with Gasteiger partial charge in [0, 0.05) is 35.0 Å². The van der Waals surface area contributed by atoms with Gasteiger partial charge in [-0.3, -0.25) is 10.7 Å².